The van der Waals surface area contributed by atoms with Crippen molar-refractivity contribution in [3.05, 3.63) is 29.6 Å². The zero-order valence-electron chi connectivity index (χ0n) is 13.7. The molecule has 2 rings (SSSR count). The van der Waals surface area contributed by atoms with Gasteiger partial charge in [-0.1, -0.05) is 26.8 Å². The van der Waals surface area contributed by atoms with Gasteiger partial charge in [0.2, 0.25) is 0 Å². The molecule has 1 saturated carbocycles. The van der Waals surface area contributed by atoms with Crippen LogP contribution in [0.2, 0.25) is 0 Å². The number of hydrogen-bond donors (Lipinski definition) is 1. The van der Waals surface area contributed by atoms with Crippen LogP contribution in [0.4, 0.5) is 4.39 Å². The SMILES string of the molecule is CCNC(C)c1c(F)cccc1OC1CCC(C)(C)CC1. The molecule has 1 aromatic carbocycles. The monoisotopic (exact) mass is 293 g/mol. The first-order chi connectivity index (χ1) is 9.93. The van der Waals surface area contributed by atoms with Gasteiger partial charge in [0.1, 0.15) is 11.6 Å². The third-order valence-corrected chi connectivity index (χ3v) is 4.54. The van der Waals surface area contributed by atoms with E-state index in [1.807, 2.05) is 19.9 Å². The molecule has 0 radical (unpaired) electrons. The summed E-state index contributed by atoms with van der Waals surface area (Å²) in [6.07, 6.45) is 4.67. The Morgan fingerprint density at radius 2 is 2.00 bits per heavy atom. The van der Waals surface area contributed by atoms with Crippen molar-refractivity contribution in [1.82, 2.24) is 5.32 Å². The van der Waals surface area contributed by atoms with Crippen LogP contribution in [0.1, 0.15) is 65.0 Å². The van der Waals surface area contributed by atoms with E-state index in [4.69, 9.17) is 4.74 Å². The summed E-state index contributed by atoms with van der Waals surface area (Å²) in [6, 6.07) is 5.11. The first-order valence-corrected chi connectivity index (χ1v) is 8.11. The number of hydrogen-bond acceptors (Lipinski definition) is 2. The van der Waals surface area contributed by atoms with Crippen LogP contribution in [0.5, 0.6) is 5.75 Å². The van der Waals surface area contributed by atoms with Crippen LogP contribution in [-0.4, -0.2) is 12.6 Å². The van der Waals surface area contributed by atoms with E-state index in [-0.39, 0.29) is 18.0 Å². The van der Waals surface area contributed by atoms with E-state index in [1.54, 1.807) is 6.07 Å². The highest BCUT2D eigenvalue weighted by Gasteiger charge is 2.28. The quantitative estimate of drug-likeness (QED) is 0.838. The standard InChI is InChI=1S/C18H28FNO/c1-5-20-13(2)17-15(19)7-6-8-16(17)21-14-9-11-18(3,4)12-10-14/h6-8,13-14,20H,5,9-12H2,1-4H3. The van der Waals surface area contributed by atoms with Crippen molar-refractivity contribution >= 4 is 0 Å². The predicted molar refractivity (Wildman–Crippen MR) is 85.2 cm³/mol. The summed E-state index contributed by atoms with van der Waals surface area (Å²) in [5.74, 6) is 0.519. The van der Waals surface area contributed by atoms with Gasteiger partial charge in [0.25, 0.3) is 0 Å². The van der Waals surface area contributed by atoms with E-state index < -0.39 is 0 Å². The molecular weight excluding hydrogens is 265 g/mol. The first kappa shape index (κ1) is 16.3. The minimum absolute atomic E-state index is 0.0359. The third-order valence-electron chi connectivity index (χ3n) is 4.54. The van der Waals surface area contributed by atoms with Gasteiger partial charge in [0.05, 0.1) is 6.10 Å². The van der Waals surface area contributed by atoms with Gasteiger partial charge in [-0.25, -0.2) is 4.39 Å². The summed E-state index contributed by atoms with van der Waals surface area (Å²) >= 11 is 0. The second-order valence-electron chi connectivity index (χ2n) is 6.91. The van der Waals surface area contributed by atoms with Crippen molar-refractivity contribution in [3.63, 3.8) is 0 Å². The highest BCUT2D eigenvalue weighted by molar-refractivity contribution is 5.37. The lowest BCUT2D eigenvalue weighted by atomic mass is 9.76. The molecule has 1 fully saturated rings. The van der Waals surface area contributed by atoms with Gasteiger partial charge < -0.3 is 10.1 Å². The van der Waals surface area contributed by atoms with E-state index in [0.717, 1.165) is 19.4 Å². The molecule has 3 heteroatoms. The number of rotatable bonds is 5. The van der Waals surface area contributed by atoms with E-state index in [0.29, 0.717) is 16.7 Å². The van der Waals surface area contributed by atoms with E-state index in [9.17, 15) is 4.39 Å². The van der Waals surface area contributed by atoms with Gasteiger partial charge in [-0.3, -0.25) is 0 Å². The van der Waals surface area contributed by atoms with Crippen molar-refractivity contribution < 1.29 is 9.13 Å². The van der Waals surface area contributed by atoms with Crippen molar-refractivity contribution in [2.24, 2.45) is 5.41 Å². The zero-order valence-corrected chi connectivity index (χ0v) is 13.7. The molecule has 21 heavy (non-hydrogen) atoms. The maximum absolute atomic E-state index is 14.2. The normalized spacial score (nSPS) is 20.2. The molecule has 0 aromatic heterocycles. The van der Waals surface area contributed by atoms with Gasteiger partial charge in [-0.05, 0) is 56.7 Å². The van der Waals surface area contributed by atoms with Gasteiger partial charge in [-0.15, -0.1) is 0 Å². The average molecular weight is 293 g/mol. The smallest absolute Gasteiger partial charge is 0.131 e. The molecule has 1 atom stereocenters. The molecule has 0 saturated heterocycles. The Kier molecular flexibility index (Phi) is 5.26. The maximum atomic E-state index is 14.2. The summed E-state index contributed by atoms with van der Waals surface area (Å²) in [5.41, 5.74) is 1.07. The van der Waals surface area contributed by atoms with E-state index in [2.05, 4.69) is 19.2 Å². The lowest BCUT2D eigenvalue weighted by Gasteiger charge is -2.35. The molecule has 0 aliphatic heterocycles. The van der Waals surface area contributed by atoms with Gasteiger partial charge in [-0.2, -0.15) is 0 Å². The van der Waals surface area contributed by atoms with Crippen LogP contribution < -0.4 is 10.1 Å². The van der Waals surface area contributed by atoms with Crippen LogP contribution in [0.15, 0.2) is 18.2 Å². The van der Waals surface area contributed by atoms with Crippen molar-refractivity contribution in [2.75, 3.05) is 6.54 Å². The third kappa shape index (κ3) is 4.19. The predicted octanol–water partition coefficient (Wildman–Crippen LogP) is 4.84. The topological polar surface area (TPSA) is 21.3 Å². The highest BCUT2D eigenvalue weighted by atomic mass is 19.1. The second-order valence-corrected chi connectivity index (χ2v) is 6.91. The maximum Gasteiger partial charge on any atom is 0.131 e. The van der Waals surface area contributed by atoms with Crippen LogP contribution in [0.3, 0.4) is 0 Å². The summed E-state index contributed by atoms with van der Waals surface area (Å²) in [5, 5.41) is 3.27. The van der Waals surface area contributed by atoms with Crippen molar-refractivity contribution in [1.29, 1.82) is 0 Å². The van der Waals surface area contributed by atoms with Crippen LogP contribution in [-0.2, 0) is 0 Å². The summed E-state index contributed by atoms with van der Waals surface area (Å²) in [6.45, 7) is 9.45. The van der Waals surface area contributed by atoms with Crippen LogP contribution in [0.25, 0.3) is 0 Å². The molecule has 0 amide bonds. The Bertz CT molecular complexity index is 462. The summed E-state index contributed by atoms with van der Waals surface area (Å²) in [7, 11) is 0. The molecule has 0 spiro atoms. The van der Waals surface area contributed by atoms with Gasteiger partial charge >= 0.3 is 0 Å². The first-order valence-electron chi connectivity index (χ1n) is 8.11. The molecular formula is C18H28FNO. The molecule has 1 unspecified atom stereocenters. The average Bonchev–Trinajstić information content (AvgIpc) is 2.41. The fourth-order valence-corrected chi connectivity index (χ4v) is 3.12. The zero-order chi connectivity index (χ0) is 15.5. The van der Waals surface area contributed by atoms with Gasteiger partial charge in [0.15, 0.2) is 0 Å². The Morgan fingerprint density at radius 1 is 1.33 bits per heavy atom. The molecule has 1 N–H and O–H groups in total. The Hall–Kier alpha value is -1.09. The number of halogens is 1. The van der Waals surface area contributed by atoms with Gasteiger partial charge in [0, 0.05) is 11.6 Å². The number of benzene rings is 1. The molecule has 1 aromatic rings. The molecule has 1 aliphatic carbocycles. The second kappa shape index (κ2) is 6.78. The highest BCUT2D eigenvalue weighted by Crippen LogP contribution is 2.38. The number of nitrogens with one attached hydrogen (secondary N) is 1. The minimum atomic E-state index is -0.183. The fraction of sp³-hybridized carbons (Fsp3) is 0.667. The largest absolute Gasteiger partial charge is 0.490 e. The Morgan fingerprint density at radius 3 is 2.62 bits per heavy atom. The summed E-state index contributed by atoms with van der Waals surface area (Å²) < 4.78 is 20.3. The molecule has 0 bridgehead atoms. The van der Waals surface area contributed by atoms with Crippen molar-refractivity contribution in [3.8, 4) is 5.75 Å². The lowest BCUT2D eigenvalue weighted by molar-refractivity contribution is 0.0970. The van der Waals surface area contributed by atoms with E-state index >= 15 is 0 Å². The fourth-order valence-electron chi connectivity index (χ4n) is 3.12. The van der Waals surface area contributed by atoms with Crippen LogP contribution in [0, 0.1) is 11.2 Å². The lowest BCUT2D eigenvalue weighted by Crippen LogP contribution is -2.29. The van der Waals surface area contributed by atoms with Crippen LogP contribution >= 0.6 is 0 Å². The molecule has 0 heterocycles. The minimum Gasteiger partial charge on any atom is -0.490 e. The van der Waals surface area contributed by atoms with Crippen molar-refractivity contribution in [2.45, 2.75) is 65.5 Å². The Labute approximate surface area is 128 Å². The number of ether oxygens (including phenoxy) is 1. The molecule has 118 valence electrons. The Balaban J connectivity index is 2.11. The van der Waals surface area contributed by atoms with E-state index in [1.165, 1.54) is 18.9 Å². The summed E-state index contributed by atoms with van der Waals surface area (Å²) in [4.78, 5) is 0. The molecule has 2 nitrogen and oxygen atoms in total. The molecule has 1 aliphatic rings.